The molecule has 0 amide bonds. The second kappa shape index (κ2) is 9.78. The average molecular weight is 446 g/mol. The molecule has 9 heteroatoms. The number of esters is 1. The molecule has 0 radical (unpaired) electrons. The Labute approximate surface area is 183 Å². The third kappa shape index (κ3) is 5.82. The van der Waals surface area contributed by atoms with E-state index < -0.39 is 23.5 Å². The largest absolute Gasteiger partial charge is 0.461 e. The first-order valence-electron chi connectivity index (χ1n) is 9.77. The number of nitrogens with zero attached hydrogens (tertiary/aromatic N) is 2. The first kappa shape index (κ1) is 23.2. The lowest BCUT2D eigenvalue weighted by molar-refractivity contribution is -0.214. The van der Waals surface area contributed by atoms with E-state index in [0.717, 1.165) is 12.1 Å². The number of benzene rings is 2. The molecule has 0 spiro atoms. The molecule has 0 N–H and O–H groups in total. The Kier molecular flexibility index (Phi) is 7.09. The molecule has 3 rings (SSSR count). The number of carbonyl (C=O) groups excluding carboxylic acids is 1. The van der Waals surface area contributed by atoms with Crippen molar-refractivity contribution in [3.63, 3.8) is 0 Å². The van der Waals surface area contributed by atoms with Gasteiger partial charge in [-0.3, -0.25) is 0 Å². The maximum Gasteiger partial charge on any atom is 0.416 e. The second-order valence-corrected chi connectivity index (χ2v) is 6.85. The number of ether oxygens (including phenoxy) is 3. The lowest BCUT2D eigenvalue weighted by Crippen LogP contribution is -2.45. The third-order valence-electron chi connectivity index (χ3n) is 4.43. The second-order valence-electron chi connectivity index (χ2n) is 6.85. The topological polar surface area (TPSA) is 70.5 Å². The van der Waals surface area contributed by atoms with Gasteiger partial charge in [-0.25, -0.2) is 4.79 Å². The van der Waals surface area contributed by atoms with Crippen LogP contribution in [0.4, 0.5) is 13.2 Å². The lowest BCUT2D eigenvalue weighted by Gasteiger charge is -2.28. The maximum atomic E-state index is 12.7. The Bertz CT molecular complexity index is 1030. The van der Waals surface area contributed by atoms with Gasteiger partial charge in [-0.15, -0.1) is 0 Å². The highest BCUT2D eigenvalue weighted by atomic mass is 19.4. The Balaban J connectivity index is 1.70. The Morgan fingerprint density at radius 1 is 0.938 bits per heavy atom. The molecule has 1 unspecified atom stereocenters. The van der Waals surface area contributed by atoms with Crippen molar-refractivity contribution in [2.24, 2.45) is 0 Å². The molecule has 168 valence electrons. The molecule has 0 bridgehead atoms. The normalized spacial score (nSPS) is 13.3. The predicted octanol–water partition coefficient (Wildman–Crippen LogP) is 5.04. The van der Waals surface area contributed by atoms with E-state index in [1.54, 1.807) is 43.3 Å². The highest BCUT2D eigenvalue weighted by Crippen LogP contribution is 2.30. The number of rotatable bonds is 8. The van der Waals surface area contributed by atoms with Crippen LogP contribution in [0.15, 0.2) is 66.7 Å². The van der Waals surface area contributed by atoms with E-state index in [0.29, 0.717) is 22.7 Å². The summed E-state index contributed by atoms with van der Waals surface area (Å²) in [5.74, 6) is -1.99. The van der Waals surface area contributed by atoms with E-state index in [2.05, 4.69) is 10.2 Å². The highest BCUT2D eigenvalue weighted by Gasteiger charge is 2.39. The van der Waals surface area contributed by atoms with E-state index in [1.807, 2.05) is 6.07 Å². The third-order valence-corrected chi connectivity index (χ3v) is 4.43. The molecule has 1 atom stereocenters. The minimum Gasteiger partial charge on any atom is -0.461 e. The number of halogens is 3. The van der Waals surface area contributed by atoms with Crippen LogP contribution in [0.1, 0.15) is 25.1 Å². The fourth-order valence-electron chi connectivity index (χ4n) is 2.74. The van der Waals surface area contributed by atoms with E-state index in [-0.39, 0.29) is 13.2 Å². The van der Waals surface area contributed by atoms with Gasteiger partial charge in [0.25, 0.3) is 0 Å². The van der Waals surface area contributed by atoms with Gasteiger partial charge in [0.15, 0.2) is 0 Å². The van der Waals surface area contributed by atoms with Gasteiger partial charge < -0.3 is 14.2 Å². The minimum atomic E-state index is -4.40. The summed E-state index contributed by atoms with van der Waals surface area (Å²) >= 11 is 0. The molecule has 6 nitrogen and oxygen atoms in total. The molecule has 2 aromatic carbocycles. The molecule has 32 heavy (non-hydrogen) atoms. The summed E-state index contributed by atoms with van der Waals surface area (Å²) in [7, 11) is 0. The maximum absolute atomic E-state index is 12.7. The summed E-state index contributed by atoms with van der Waals surface area (Å²) in [5, 5.41) is 8.08. The predicted molar refractivity (Wildman–Crippen MR) is 109 cm³/mol. The molecule has 0 aliphatic rings. The molecule has 0 saturated carbocycles. The van der Waals surface area contributed by atoms with Crippen molar-refractivity contribution in [1.82, 2.24) is 10.2 Å². The van der Waals surface area contributed by atoms with Crippen LogP contribution in [0.25, 0.3) is 11.3 Å². The van der Waals surface area contributed by atoms with Crippen molar-refractivity contribution in [2.45, 2.75) is 32.4 Å². The van der Waals surface area contributed by atoms with Crippen LogP contribution >= 0.6 is 0 Å². The van der Waals surface area contributed by atoms with Gasteiger partial charge in [0.2, 0.25) is 0 Å². The molecular weight excluding hydrogens is 425 g/mol. The first-order valence-corrected chi connectivity index (χ1v) is 9.77. The van der Waals surface area contributed by atoms with Crippen LogP contribution in [-0.2, 0) is 27.1 Å². The van der Waals surface area contributed by atoms with Crippen molar-refractivity contribution < 1.29 is 32.2 Å². The van der Waals surface area contributed by atoms with Crippen molar-refractivity contribution in [3.8, 4) is 17.0 Å². The average Bonchev–Trinajstić information content (AvgIpc) is 2.78. The van der Waals surface area contributed by atoms with E-state index in [4.69, 9.17) is 14.2 Å². The van der Waals surface area contributed by atoms with Crippen molar-refractivity contribution >= 4 is 5.97 Å². The monoisotopic (exact) mass is 446 g/mol. The van der Waals surface area contributed by atoms with E-state index in [9.17, 15) is 18.0 Å². The Hall–Kier alpha value is -3.46. The zero-order chi connectivity index (χ0) is 23.2. The molecule has 0 aliphatic carbocycles. The molecule has 1 aromatic heterocycles. The van der Waals surface area contributed by atoms with E-state index in [1.165, 1.54) is 19.1 Å². The first-order chi connectivity index (χ1) is 15.2. The summed E-state index contributed by atoms with van der Waals surface area (Å²) in [4.78, 5) is 12.4. The zero-order valence-corrected chi connectivity index (χ0v) is 17.4. The summed E-state index contributed by atoms with van der Waals surface area (Å²) in [6.45, 7) is 3.16. The smallest absolute Gasteiger partial charge is 0.416 e. The van der Waals surface area contributed by atoms with Crippen LogP contribution in [0.2, 0.25) is 0 Å². The number of para-hydroxylation sites is 1. The van der Waals surface area contributed by atoms with Gasteiger partial charge in [-0.05, 0) is 43.3 Å². The summed E-state index contributed by atoms with van der Waals surface area (Å²) in [6.07, 6.45) is -4.40. The number of aromatic nitrogens is 2. The van der Waals surface area contributed by atoms with E-state index >= 15 is 0 Å². The summed E-state index contributed by atoms with van der Waals surface area (Å²) in [5.41, 5.74) is 0.543. The van der Waals surface area contributed by atoms with Gasteiger partial charge in [-0.1, -0.05) is 30.3 Å². The Morgan fingerprint density at radius 2 is 1.62 bits per heavy atom. The van der Waals surface area contributed by atoms with Crippen LogP contribution < -0.4 is 4.74 Å². The SMILES string of the molecule is CCOC(=O)C(C)(OCc1ccc(-c2ccc(C(F)(F)F)cc2)nn1)Oc1ccccc1. The fraction of sp³-hybridized carbons (Fsp3) is 0.261. The van der Waals surface area contributed by atoms with Crippen molar-refractivity contribution in [1.29, 1.82) is 0 Å². The number of carbonyl (C=O) groups is 1. The fourth-order valence-corrected chi connectivity index (χ4v) is 2.74. The number of alkyl halides is 3. The van der Waals surface area contributed by atoms with Crippen molar-refractivity contribution in [2.75, 3.05) is 6.61 Å². The van der Waals surface area contributed by atoms with Crippen LogP contribution in [0.3, 0.4) is 0 Å². The number of hydrogen-bond donors (Lipinski definition) is 0. The lowest BCUT2D eigenvalue weighted by atomic mass is 10.1. The van der Waals surface area contributed by atoms with Gasteiger partial charge in [0.1, 0.15) is 5.75 Å². The molecular formula is C23H21F3N2O4. The Morgan fingerprint density at radius 3 is 2.19 bits per heavy atom. The van der Waals surface area contributed by atoms with Crippen molar-refractivity contribution in [3.05, 3.63) is 78.0 Å². The van der Waals surface area contributed by atoms with Gasteiger partial charge in [0, 0.05) is 12.5 Å². The van der Waals surface area contributed by atoms with Gasteiger partial charge in [-0.2, -0.15) is 23.4 Å². The van der Waals surface area contributed by atoms with Gasteiger partial charge in [0.05, 0.1) is 30.2 Å². The number of hydrogen-bond acceptors (Lipinski definition) is 6. The summed E-state index contributed by atoms with van der Waals surface area (Å²) in [6, 6.07) is 16.5. The summed E-state index contributed by atoms with van der Waals surface area (Å²) < 4.78 is 54.7. The van der Waals surface area contributed by atoms with Crippen LogP contribution in [0.5, 0.6) is 5.75 Å². The molecule has 3 aromatic rings. The minimum absolute atomic E-state index is 0.109. The standard InChI is InChI=1S/C23H21F3N2O4/c1-3-30-21(29)22(2,32-19-7-5-4-6-8-19)31-15-18-13-14-20(28-27-18)16-9-11-17(12-10-16)23(24,25)26/h4-14H,3,15H2,1-2H3. The zero-order valence-electron chi connectivity index (χ0n) is 17.4. The van der Waals surface area contributed by atoms with Gasteiger partial charge >= 0.3 is 17.9 Å². The van der Waals surface area contributed by atoms with Crippen LogP contribution in [-0.4, -0.2) is 28.6 Å². The molecule has 0 fully saturated rings. The molecule has 1 heterocycles. The molecule has 0 aliphatic heterocycles. The van der Waals surface area contributed by atoms with Crippen LogP contribution in [0, 0.1) is 0 Å². The highest BCUT2D eigenvalue weighted by molar-refractivity contribution is 5.77. The molecule has 0 saturated heterocycles. The quantitative estimate of drug-likeness (QED) is 0.357.